The lowest BCUT2D eigenvalue weighted by atomic mass is 10.2. The molecular formula is C9H15N3S. The lowest BCUT2D eigenvalue weighted by Gasteiger charge is -2.30. The lowest BCUT2D eigenvalue weighted by Crippen LogP contribution is -2.36. The summed E-state index contributed by atoms with van der Waals surface area (Å²) in [6, 6.07) is 0.118. The molecular weight excluding hydrogens is 182 g/mol. The third kappa shape index (κ3) is 1.56. The van der Waals surface area contributed by atoms with Gasteiger partial charge in [0.05, 0.1) is 5.69 Å². The third-order valence-corrected chi connectivity index (χ3v) is 3.78. The van der Waals surface area contributed by atoms with Gasteiger partial charge in [-0.05, 0) is 20.3 Å². The van der Waals surface area contributed by atoms with Gasteiger partial charge in [0.25, 0.3) is 0 Å². The van der Waals surface area contributed by atoms with Crippen molar-refractivity contribution in [2.24, 2.45) is 5.73 Å². The van der Waals surface area contributed by atoms with Gasteiger partial charge in [-0.2, -0.15) is 0 Å². The van der Waals surface area contributed by atoms with E-state index in [0.29, 0.717) is 0 Å². The zero-order chi connectivity index (χ0) is 9.42. The number of nitrogens with zero attached hydrogens (tertiary/aromatic N) is 2. The molecule has 0 spiro atoms. The molecule has 72 valence electrons. The van der Waals surface area contributed by atoms with Crippen LogP contribution >= 0.6 is 11.3 Å². The van der Waals surface area contributed by atoms with Crippen LogP contribution in [-0.2, 0) is 0 Å². The summed E-state index contributed by atoms with van der Waals surface area (Å²) in [6.07, 6.45) is 1.30. The van der Waals surface area contributed by atoms with E-state index in [0.717, 1.165) is 23.9 Å². The van der Waals surface area contributed by atoms with Crippen LogP contribution in [0.3, 0.4) is 0 Å². The Kier molecular flexibility index (Phi) is 2.26. The normalized spacial score (nSPS) is 18.5. The van der Waals surface area contributed by atoms with Crippen molar-refractivity contribution in [3.63, 3.8) is 0 Å². The molecule has 1 fully saturated rings. The van der Waals surface area contributed by atoms with Crippen LogP contribution in [0, 0.1) is 6.92 Å². The summed E-state index contributed by atoms with van der Waals surface area (Å²) in [5, 5.41) is 1.15. The van der Waals surface area contributed by atoms with Gasteiger partial charge in [0.1, 0.15) is 0 Å². The van der Waals surface area contributed by atoms with Crippen molar-refractivity contribution in [1.82, 2.24) is 4.98 Å². The van der Waals surface area contributed by atoms with Crippen LogP contribution in [0.2, 0.25) is 0 Å². The number of thiazole rings is 1. The molecule has 0 radical (unpaired) electrons. The average molecular weight is 197 g/mol. The minimum atomic E-state index is 0.118. The predicted octanol–water partition coefficient (Wildman–Crippen LogP) is 1.68. The molecule has 2 heterocycles. The summed E-state index contributed by atoms with van der Waals surface area (Å²) >= 11 is 1.74. The lowest BCUT2D eigenvalue weighted by molar-refractivity contribution is 0.615. The maximum absolute atomic E-state index is 5.84. The summed E-state index contributed by atoms with van der Waals surface area (Å²) in [6.45, 7) is 6.37. The van der Waals surface area contributed by atoms with E-state index in [2.05, 4.69) is 9.88 Å². The highest BCUT2D eigenvalue weighted by molar-refractivity contribution is 7.15. The quantitative estimate of drug-likeness (QED) is 0.784. The molecule has 4 heteroatoms. The smallest absolute Gasteiger partial charge is 0.185 e. The average Bonchev–Trinajstić information content (AvgIpc) is 2.27. The maximum atomic E-state index is 5.84. The molecule has 1 unspecified atom stereocenters. The zero-order valence-electron chi connectivity index (χ0n) is 8.08. The fourth-order valence-corrected chi connectivity index (χ4v) is 2.53. The van der Waals surface area contributed by atoms with Gasteiger partial charge in [0, 0.05) is 24.0 Å². The van der Waals surface area contributed by atoms with Gasteiger partial charge in [-0.3, -0.25) is 0 Å². The largest absolute Gasteiger partial charge is 0.348 e. The van der Waals surface area contributed by atoms with E-state index in [1.54, 1.807) is 11.3 Å². The van der Waals surface area contributed by atoms with Crippen molar-refractivity contribution in [3.8, 4) is 0 Å². The first-order valence-electron chi connectivity index (χ1n) is 4.66. The van der Waals surface area contributed by atoms with Gasteiger partial charge in [-0.15, -0.1) is 11.3 Å². The number of hydrogen-bond acceptors (Lipinski definition) is 4. The second kappa shape index (κ2) is 3.27. The van der Waals surface area contributed by atoms with Gasteiger partial charge in [0.15, 0.2) is 5.13 Å². The molecule has 0 aromatic carbocycles. The topological polar surface area (TPSA) is 42.2 Å². The third-order valence-electron chi connectivity index (χ3n) is 2.36. The predicted molar refractivity (Wildman–Crippen MR) is 56.3 cm³/mol. The Labute approximate surface area is 82.6 Å². The minimum Gasteiger partial charge on any atom is -0.348 e. The number of rotatable bonds is 2. The molecule has 0 aliphatic carbocycles. The minimum absolute atomic E-state index is 0.118. The van der Waals surface area contributed by atoms with Gasteiger partial charge < -0.3 is 10.6 Å². The first-order chi connectivity index (χ1) is 6.18. The summed E-state index contributed by atoms with van der Waals surface area (Å²) in [5.74, 6) is 0. The Bertz CT molecular complexity index is 302. The van der Waals surface area contributed by atoms with Gasteiger partial charge in [-0.1, -0.05) is 0 Å². The highest BCUT2D eigenvalue weighted by Gasteiger charge is 2.20. The molecule has 1 atom stereocenters. The number of anilines is 1. The monoisotopic (exact) mass is 197 g/mol. The van der Waals surface area contributed by atoms with Crippen molar-refractivity contribution < 1.29 is 0 Å². The molecule has 3 nitrogen and oxygen atoms in total. The molecule has 1 aliphatic rings. The highest BCUT2D eigenvalue weighted by atomic mass is 32.1. The molecule has 13 heavy (non-hydrogen) atoms. The van der Waals surface area contributed by atoms with Gasteiger partial charge >= 0.3 is 0 Å². The number of hydrogen-bond donors (Lipinski definition) is 1. The highest BCUT2D eigenvalue weighted by Crippen LogP contribution is 2.31. The molecule has 2 N–H and O–H groups in total. The van der Waals surface area contributed by atoms with E-state index >= 15 is 0 Å². The molecule has 1 aromatic heterocycles. The van der Waals surface area contributed by atoms with E-state index in [-0.39, 0.29) is 6.04 Å². The van der Waals surface area contributed by atoms with Crippen LogP contribution in [0.4, 0.5) is 5.13 Å². The fourth-order valence-electron chi connectivity index (χ4n) is 1.46. The van der Waals surface area contributed by atoms with E-state index in [1.807, 2.05) is 13.8 Å². The maximum Gasteiger partial charge on any atom is 0.185 e. The van der Waals surface area contributed by atoms with E-state index in [9.17, 15) is 0 Å². The molecule has 1 aliphatic heterocycles. The zero-order valence-corrected chi connectivity index (χ0v) is 8.90. The van der Waals surface area contributed by atoms with Crippen molar-refractivity contribution in [3.05, 3.63) is 10.6 Å². The van der Waals surface area contributed by atoms with Crippen LogP contribution in [0.15, 0.2) is 0 Å². The molecule has 1 saturated heterocycles. The number of aryl methyl sites for hydroxylation is 1. The SMILES string of the molecule is Cc1nc(N2CCC2)sc1C(C)N. The summed E-state index contributed by atoms with van der Waals surface area (Å²) in [4.78, 5) is 8.05. The van der Waals surface area contributed by atoms with E-state index in [4.69, 9.17) is 5.73 Å². The molecule has 0 amide bonds. The first-order valence-corrected chi connectivity index (χ1v) is 5.48. The van der Waals surface area contributed by atoms with Gasteiger partial charge in [0.2, 0.25) is 0 Å². The molecule has 0 saturated carbocycles. The Morgan fingerprint density at radius 2 is 2.23 bits per heavy atom. The Hall–Kier alpha value is -0.610. The van der Waals surface area contributed by atoms with Crippen LogP contribution in [0.5, 0.6) is 0 Å². The standard InChI is InChI=1S/C9H15N3S/c1-6(10)8-7(2)11-9(13-8)12-4-3-5-12/h6H,3-5,10H2,1-2H3. The summed E-state index contributed by atoms with van der Waals surface area (Å²) in [5.41, 5.74) is 6.94. The van der Waals surface area contributed by atoms with Crippen LogP contribution in [0.1, 0.15) is 30.0 Å². The van der Waals surface area contributed by atoms with E-state index < -0.39 is 0 Å². The van der Waals surface area contributed by atoms with Crippen molar-refractivity contribution in [2.45, 2.75) is 26.3 Å². The Morgan fingerprint density at radius 1 is 1.54 bits per heavy atom. The first kappa shape index (κ1) is 8.97. The molecule has 1 aromatic rings. The second-order valence-electron chi connectivity index (χ2n) is 3.58. The van der Waals surface area contributed by atoms with Crippen molar-refractivity contribution >= 4 is 16.5 Å². The Morgan fingerprint density at radius 3 is 2.62 bits per heavy atom. The Balaban J connectivity index is 2.23. The van der Waals surface area contributed by atoms with Crippen molar-refractivity contribution in [2.75, 3.05) is 18.0 Å². The number of nitrogens with two attached hydrogens (primary N) is 1. The van der Waals surface area contributed by atoms with Crippen LogP contribution in [-0.4, -0.2) is 18.1 Å². The summed E-state index contributed by atoms with van der Waals surface area (Å²) in [7, 11) is 0. The molecule has 2 rings (SSSR count). The number of aromatic nitrogens is 1. The second-order valence-corrected chi connectivity index (χ2v) is 4.58. The van der Waals surface area contributed by atoms with E-state index in [1.165, 1.54) is 11.3 Å². The summed E-state index contributed by atoms with van der Waals surface area (Å²) < 4.78 is 0. The van der Waals surface area contributed by atoms with Crippen molar-refractivity contribution in [1.29, 1.82) is 0 Å². The van der Waals surface area contributed by atoms with Crippen LogP contribution < -0.4 is 10.6 Å². The molecule has 0 bridgehead atoms. The fraction of sp³-hybridized carbons (Fsp3) is 0.667. The van der Waals surface area contributed by atoms with Gasteiger partial charge in [-0.25, -0.2) is 4.98 Å². The van der Waals surface area contributed by atoms with Crippen LogP contribution in [0.25, 0.3) is 0 Å².